The first-order valence-corrected chi connectivity index (χ1v) is 14.3. The zero-order chi connectivity index (χ0) is 28.1. The molecule has 0 saturated heterocycles. The van der Waals surface area contributed by atoms with Gasteiger partial charge in [0.25, 0.3) is 5.91 Å². The zero-order valence-electron chi connectivity index (χ0n) is 22.5. The number of carbonyl (C=O) groups is 3. The maximum absolute atomic E-state index is 13.6. The Hall–Kier alpha value is -4.24. The van der Waals surface area contributed by atoms with E-state index in [4.69, 9.17) is 4.99 Å². The van der Waals surface area contributed by atoms with E-state index in [1.165, 1.54) is 22.2 Å². The first kappa shape index (κ1) is 27.3. The van der Waals surface area contributed by atoms with Crippen LogP contribution in [-0.2, 0) is 27.3 Å². The van der Waals surface area contributed by atoms with Crippen LogP contribution in [0.25, 0.3) is 0 Å². The van der Waals surface area contributed by atoms with Gasteiger partial charge in [0.15, 0.2) is 5.17 Å². The highest BCUT2D eigenvalue weighted by Crippen LogP contribution is 2.35. The quantitative estimate of drug-likeness (QED) is 0.386. The van der Waals surface area contributed by atoms with Crippen LogP contribution in [0.2, 0.25) is 0 Å². The Labute approximate surface area is 238 Å². The summed E-state index contributed by atoms with van der Waals surface area (Å²) in [7, 11) is 0. The summed E-state index contributed by atoms with van der Waals surface area (Å²) in [4.78, 5) is 50.4. The van der Waals surface area contributed by atoms with Gasteiger partial charge >= 0.3 is 0 Å². The molecule has 0 bridgehead atoms. The summed E-state index contributed by atoms with van der Waals surface area (Å²) in [5.41, 5.74) is 4.28. The molecule has 5 rings (SSSR count). The van der Waals surface area contributed by atoms with Crippen LogP contribution in [0.5, 0.6) is 0 Å². The minimum atomic E-state index is -0.867. The highest BCUT2D eigenvalue weighted by molar-refractivity contribution is 8.15. The van der Waals surface area contributed by atoms with Crippen LogP contribution in [0.3, 0.4) is 0 Å². The third-order valence-corrected chi connectivity index (χ3v) is 8.12. The van der Waals surface area contributed by atoms with E-state index in [2.05, 4.69) is 22.5 Å². The molecule has 0 spiro atoms. The lowest BCUT2D eigenvalue weighted by Crippen LogP contribution is -2.43. The maximum atomic E-state index is 13.6. The second kappa shape index (κ2) is 12.3. The summed E-state index contributed by atoms with van der Waals surface area (Å²) in [6.07, 6.45) is 1.38. The van der Waals surface area contributed by atoms with Crippen molar-refractivity contribution >= 4 is 51.9 Å². The molecule has 2 N–H and O–H groups in total. The highest BCUT2D eigenvalue weighted by Gasteiger charge is 2.43. The fourth-order valence-electron chi connectivity index (χ4n) is 4.55. The van der Waals surface area contributed by atoms with Crippen LogP contribution in [0.15, 0.2) is 88.8 Å². The number of carbonyl (C=O) groups excluding carboxylic acids is 3. The fraction of sp³-hybridized carbons (Fsp3) is 0.258. The summed E-state index contributed by atoms with van der Waals surface area (Å²) in [6, 6.07) is 24.0. The van der Waals surface area contributed by atoms with E-state index in [0.29, 0.717) is 29.7 Å². The number of fused-ring (bicyclic) bond motifs is 3. The molecule has 8 nitrogen and oxygen atoms in total. The molecule has 204 valence electrons. The van der Waals surface area contributed by atoms with Gasteiger partial charge in [0.05, 0.1) is 17.4 Å². The number of hydrogen-bond donors (Lipinski definition) is 2. The van der Waals surface area contributed by atoms with Crippen molar-refractivity contribution in [1.82, 2.24) is 10.2 Å². The van der Waals surface area contributed by atoms with Crippen molar-refractivity contribution in [3.8, 4) is 0 Å². The second-order valence-corrected chi connectivity index (χ2v) is 10.7. The minimum Gasteiger partial charge on any atom is -0.352 e. The van der Waals surface area contributed by atoms with Crippen LogP contribution < -0.4 is 10.6 Å². The maximum Gasteiger partial charge on any atom is 0.259 e. The SMILES string of the molecule is CCc1ccc(NC(=O)[C@H](CC)SC2=Nc3ccccc3C3=N[C@@H](CC(=O)NCc4ccccc4)C(=O)N23)cc1. The van der Waals surface area contributed by atoms with E-state index in [-0.39, 0.29) is 24.1 Å². The highest BCUT2D eigenvalue weighted by atomic mass is 32.2. The van der Waals surface area contributed by atoms with Gasteiger partial charge in [-0.05, 0) is 48.2 Å². The predicted molar refractivity (Wildman–Crippen MR) is 160 cm³/mol. The number of aliphatic imine (C=N–C) groups is 2. The van der Waals surface area contributed by atoms with Crippen LogP contribution >= 0.6 is 11.8 Å². The average molecular weight is 554 g/mol. The van der Waals surface area contributed by atoms with Crippen molar-refractivity contribution in [2.24, 2.45) is 9.98 Å². The van der Waals surface area contributed by atoms with Crippen LogP contribution in [-0.4, -0.2) is 44.9 Å². The largest absolute Gasteiger partial charge is 0.352 e. The molecule has 3 amide bonds. The fourth-order valence-corrected chi connectivity index (χ4v) is 5.57. The van der Waals surface area contributed by atoms with Crippen molar-refractivity contribution in [3.05, 3.63) is 95.6 Å². The van der Waals surface area contributed by atoms with Gasteiger partial charge < -0.3 is 10.6 Å². The normalized spacial score (nSPS) is 16.4. The third kappa shape index (κ3) is 5.99. The molecule has 2 aliphatic rings. The van der Waals surface area contributed by atoms with Crippen LogP contribution in [0.1, 0.15) is 43.4 Å². The van der Waals surface area contributed by atoms with Crippen LogP contribution in [0, 0.1) is 0 Å². The number of aryl methyl sites for hydroxylation is 1. The van der Waals surface area contributed by atoms with Gasteiger partial charge in [-0.25, -0.2) is 9.89 Å². The number of thioether (sulfide) groups is 1. The molecule has 3 aromatic carbocycles. The number of amides is 3. The number of rotatable bonds is 9. The number of amidine groups is 2. The lowest BCUT2D eigenvalue weighted by atomic mass is 10.1. The minimum absolute atomic E-state index is 0.0722. The Kier molecular flexibility index (Phi) is 8.40. The molecule has 2 atom stereocenters. The Morgan fingerprint density at radius 1 is 0.950 bits per heavy atom. The van der Waals surface area contributed by atoms with E-state index < -0.39 is 11.3 Å². The molecule has 0 radical (unpaired) electrons. The number of benzene rings is 3. The van der Waals surface area contributed by atoms with Crippen molar-refractivity contribution in [1.29, 1.82) is 0 Å². The van der Waals surface area contributed by atoms with E-state index in [1.54, 1.807) is 0 Å². The Bertz CT molecular complexity index is 1470. The summed E-state index contributed by atoms with van der Waals surface area (Å²) < 4.78 is 0. The first-order valence-electron chi connectivity index (χ1n) is 13.4. The van der Waals surface area contributed by atoms with Gasteiger partial charge in [-0.3, -0.25) is 19.4 Å². The van der Waals surface area contributed by atoms with Gasteiger partial charge in [0, 0.05) is 17.8 Å². The molecule has 3 aromatic rings. The second-order valence-electron chi connectivity index (χ2n) is 9.57. The van der Waals surface area contributed by atoms with Gasteiger partial charge in [0.2, 0.25) is 11.8 Å². The zero-order valence-corrected chi connectivity index (χ0v) is 23.3. The standard InChI is InChI=1S/C31H31N5O3S/c1-3-20-14-16-22(17-15-20)33-29(38)26(4-2)40-31-35-24-13-9-8-12-23(24)28-34-25(30(39)36(28)31)18-27(37)32-19-21-10-6-5-7-11-21/h5-17,25-26H,3-4,18-19H2,1-2H3,(H,32,37)(H,33,38)/t25-,26-/m0/s1. The van der Waals surface area contributed by atoms with Crippen LogP contribution in [0.4, 0.5) is 11.4 Å². The van der Waals surface area contributed by atoms with E-state index in [1.807, 2.05) is 85.8 Å². The predicted octanol–water partition coefficient (Wildman–Crippen LogP) is 5.06. The Morgan fingerprint density at radius 2 is 1.68 bits per heavy atom. The van der Waals surface area contributed by atoms with Crippen molar-refractivity contribution in [2.45, 2.75) is 50.9 Å². The van der Waals surface area contributed by atoms with E-state index in [0.717, 1.165) is 23.2 Å². The molecule has 0 fully saturated rings. The lowest BCUT2D eigenvalue weighted by Gasteiger charge is -2.27. The molecule has 0 saturated carbocycles. The molecule has 0 aliphatic carbocycles. The van der Waals surface area contributed by atoms with Gasteiger partial charge in [0.1, 0.15) is 11.9 Å². The van der Waals surface area contributed by atoms with Crippen molar-refractivity contribution in [2.75, 3.05) is 5.32 Å². The number of nitrogens with one attached hydrogen (secondary N) is 2. The van der Waals surface area contributed by atoms with Gasteiger partial charge in [-0.15, -0.1) is 0 Å². The van der Waals surface area contributed by atoms with Gasteiger partial charge in [-0.2, -0.15) is 0 Å². The lowest BCUT2D eigenvalue weighted by molar-refractivity contribution is -0.128. The number of hydrogen-bond acceptors (Lipinski definition) is 6. The van der Waals surface area contributed by atoms with E-state index >= 15 is 0 Å². The first-order chi connectivity index (χ1) is 19.5. The molecule has 2 aliphatic heterocycles. The van der Waals surface area contributed by atoms with E-state index in [9.17, 15) is 14.4 Å². The van der Waals surface area contributed by atoms with Crippen molar-refractivity contribution in [3.63, 3.8) is 0 Å². The van der Waals surface area contributed by atoms with Crippen molar-refractivity contribution < 1.29 is 14.4 Å². The third-order valence-electron chi connectivity index (χ3n) is 6.80. The summed E-state index contributed by atoms with van der Waals surface area (Å²) >= 11 is 1.23. The molecular formula is C31H31N5O3S. The monoisotopic (exact) mass is 553 g/mol. The molecule has 0 unspecified atom stereocenters. The summed E-state index contributed by atoms with van der Waals surface area (Å²) in [6.45, 7) is 4.38. The number of para-hydroxylation sites is 1. The topological polar surface area (TPSA) is 103 Å². The smallest absolute Gasteiger partial charge is 0.259 e. The van der Waals surface area contributed by atoms with Gasteiger partial charge in [-0.1, -0.05) is 80.2 Å². The molecule has 40 heavy (non-hydrogen) atoms. The number of nitrogens with zero attached hydrogens (tertiary/aromatic N) is 3. The summed E-state index contributed by atoms with van der Waals surface area (Å²) in [5, 5.41) is 5.76. The summed E-state index contributed by atoms with van der Waals surface area (Å²) in [5.74, 6) is -0.286. The molecular weight excluding hydrogens is 522 g/mol. The Balaban J connectivity index is 1.32. The Morgan fingerprint density at radius 3 is 2.40 bits per heavy atom. The number of anilines is 1. The molecule has 9 heteroatoms. The molecule has 0 aromatic heterocycles. The average Bonchev–Trinajstić information content (AvgIpc) is 3.31. The molecule has 2 heterocycles.